The molecule has 0 radical (unpaired) electrons. The first-order valence-corrected chi connectivity index (χ1v) is 9.53. The molecule has 0 bridgehead atoms. The van der Waals surface area contributed by atoms with Crippen molar-refractivity contribution in [2.24, 2.45) is 9.98 Å². The Bertz CT molecular complexity index is 853. The van der Waals surface area contributed by atoms with Crippen LogP contribution in [-0.4, -0.2) is 12.4 Å². The highest BCUT2D eigenvalue weighted by Crippen LogP contribution is 2.47. The van der Waals surface area contributed by atoms with Crippen molar-refractivity contribution >= 4 is 12.4 Å². The van der Waals surface area contributed by atoms with E-state index < -0.39 is 0 Å². The van der Waals surface area contributed by atoms with E-state index in [-0.39, 0.29) is 0 Å². The summed E-state index contributed by atoms with van der Waals surface area (Å²) in [6, 6.07) is 21.7. The molecule has 1 aliphatic carbocycles. The molecule has 0 aromatic heterocycles. The normalized spacial score (nSPS) is 24.5. The average Bonchev–Trinajstić information content (AvgIpc) is 2.74. The summed E-state index contributed by atoms with van der Waals surface area (Å²) in [5.41, 5.74) is 8.03. The average molecular weight is 338 g/mol. The Kier molecular flexibility index (Phi) is 3.89. The molecule has 2 aromatic rings. The lowest BCUT2D eigenvalue weighted by Gasteiger charge is -2.34. The summed E-state index contributed by atoms with van der Waals surface area (Å²) in [6.45, 7) is 0. The van der Waals surface area contributed by atoms with Crippen molar-refractivity contribution in [2.75, 3.05) is 0 Å². The molecule has 0 N–H and O–H groups in total. The van der Waals surface area contributed by atoms with Gasteiger partial charge in [0, 0.05) is 24.3 Å². The third-order valence-electron chi connectivity index (χ3n) is 5.86. The lowest BCUT2D eigenvalue weighted by molar-refractivity contribution is 0.664. The lowest BCUT2D eigenvalue weighted by Crippen LogP contribution is -2.20. The zero-order valence-electron chi connectivity index (χ0n) is 14.8. The maximum atomic E-state index is 4.82. The first-order valence-electron chi connectivity index (χ1n) is 9.53. The third kappa shape index (κ3) is 2.57. The molecule has 2 aromatic carbocycles. The van der Waals surface area contributed by atoms with Crippen LogP contribution >= 0.6 is 0 Å². The van der Waals surface area contributed by atoms with Crippen LogP contribution in [0.3, 0.4) is 0 Å². The molecule has 2 heterocycles. The molecular formula is C24H22N2. The molecule has 128 valence electrons. The number of hydrogen-bond acceptors (Lipinski definition) is 2. The Morgan fingerprint density at radius 2 is 1.00 bits per heavy atom. The largest absolute Gasteiger partial charge is 0.259 e. The van der Waals surface area contributed by atoms with E-state index in [9.17, 15) is 0 Å². The lowest BCUT2D eigenvalue weighted by atomic mass is 9.74. The number of nitrogens with zero attached hydrogens (tertiary/aromatic N) is 2. The standard InChI is InChI=1S/C24H22N2/c1-3-7-17(8-4-1)19-13-15-25-23-21(19)11-12-22-20(14-16-26-24(22)23)18-9-5-2-6-10-18/h1-10,15-16,19-20H,11-14H2. The number of benzene rings is 2. The van der Waals surface area contributed by atoms with E-state index in [1.165, 1.54) is 22.3 Å². The SMILES string of the molecule is C1=NC2=C(CCC3=C2N=CCC3c2ccccc2)C(c2ccccc2)C1. The van der Waals surface area contributed by atoms with E-state index in [4.69, 9.17) is 9.98 Å². The maximum absolute atomic E-state index is 4.82. The van der Waals surface area contributed by atoms with Gasteiger partial charge < -0.3 is 0 Å². The van der Waals surface area contributed by atoms with E-state index in [0.29, 0.717) is 11.8 Å². The summed E-state index contributed by atoms with van der Waals surface area (Å²) >= 11 is 0. The van der Waals surface area contributed by atoms with Crippen molar-refractivity contribution in [1.29, 1.82) is 0 Å². The Labute approximate surface area is 154 Å². The van der Waals surface area contributed by atoms with Gasteiger partial charge >= 0.3 is 0 Å². The Balaban J connectivity index is 1.58. The van der Waals surface area contributed by atoms with Gasteiger partial charge in [0.05, 0.1) is 11.4 Å². The molecule has 2 unspecified atom stereocenters. The Morgan fingerprint density at radius 1 is 0.577 bits per heavy atom. The van der Waals surface area contributed by atoms with E-state index >= 15 is 0 Å². The van der Waals surface area contributed by atoms with Gasteiger partial charge in [0.25, 0.3) is 0 Å². The smallest absolute Gasteiger partial charge is 0.0880 e. The third-order valence-corrected chi connectivity index (χ3v) is 5.86. The molecule has 2 atom stereocenters. The zero-order valence-corrected chi connectivity index (χ0v) is 14.8. The molecular weight excluding hydrogens is 316 g/mol. The first kappa shape index (κ1) is 15.5. The number of fused-ring (bicyclic) bond motifs is 1. The van der Waals surface area contributed by atoms with Crippen LogP contribution in [0.25, 0.3) is 0 Å². The van der Waals surface area contributed by atoms with Gasteiger partial charge in [0.1, 0.15) is 0 Å². The van der Waals surface area contributed by atoms with Crippen LogP contribution in [0.4, 0.5) is 0 Å². The van der Waals surface area contributed by atoms with Crippen molar-refractivity contribution in [3.63, 3.8) is 0 Å². The monoisotopic (exact) mass is 338 g/mol. The molecule has 0 fully saturated rings. The maximum Gasteiger partial charge on any atom is 0.0880 e. The molecule has 0 amide bonds. The highest BCUT2D eigenvalue weighted by molar-refractivity contribution is 5.72. The molecule has 3 aliphatic rings. The summed E-state index contributed by atoms with van der Waals surface area (Å²) in [6.07, 6.45) is 8.38. The molecule has 0 saturated heterocycles. The van der Waals surface area contributed by atoms with Crippen LogP contribution in [0.2, 0.25) is 0 Å². The first-order chi connectivity index (χ1) is 12.9. The van der Waals surface area contributed by atoms with Crippen LogP contribution in [0.15, 0.2) is 93.2 Å². The predicted octanol–water partition coefficient (Wildman–Crippen LogP) is 5.81. The van der Waals surface area contributed by atoms with Gasteiger partial charge in [0.15, 0.2) is 0 Å². The van der Waals surface area contributed by atoms with Gasteiger partial charge in [-0.2, -0.15) is 0 Å². The molecule has 0 spiro atoms. The van der Waals surface area contributed by atoms with Crippen LogP contribution < -0.4 is 0 Å². The predicted molar refractivity (Wildman–Crippen MR) is 108 cm³/mol. The Hall–Kier alpha value is -2.74. The second-order valence-corrected chi connectivity index (χ2v) is 7.27. The molecule has 2 heteroatoms. The summed E-state index contributed by atoms with van der Waals surface area (Å²) in [7, 11) is 0. The van der Waals surface area contributed by atoms with Gasteiger partial charge in [-0.1, -0.05) is 60.7 Å². The quantitative estimate of drug-likeness (QED) is 0.660. The molecule has 5 rings (SSSR count). The molecule has 0 saturated carbocycles. The minimum atomic E-state index is 0.449. The van der Waals surface area contributed by atoms with E-state index in [0.717, 1.165) is 37.1 Å². The topological polar surface area (TPSA) is 24.7 Å². The van der Waals surface area contributed by atoms with Crippen molar-refractivity contribution < 1.29 is 0 Å². The minimum absolute atomic E-state index is 0.449. The van der Waals surface area contributed by atoms with E-state index in [1.807, 2.05) is 0 Å². The van der Waals surface area contributed by atoms with Crippen molar-refractivity contribution in [3.8, 4) is 0 Å². The fourth-order valence-corrected chi connectivity index (χ4v) is 4.61. The minimum Gasteiger partial charge on any atom is -0.259 e. The summed E-state index contributed by atoms with van der Waals surface area (Å²) < 4.78 is 0. The van der Waals surface area contributed by atoms with E-state index in [1.54, 1.807) is 0 Å². The second kappa shape index (κ2) is 6.53. The summed E-state index contributed by atoms with van der Waals surface area (Å²) in [5, 5.41) is 0. The number of rotatable bonds is 2. The van der Waals surface area contributed by atoms with Gasteiger partial charge in [-0.25, -0.2) is 0 Å². The van der Waals surface area contributed by atoms with Crippen molar-refractivity contribution in [2.45, 2.75) is 37.5 Å². The van der Waals surface area contributed by atoms with Gasteiger partial charge in [-0.05, 0) is 48.0 Å². The van der Waals surface area contributed by atoms with Crippen LogP contribution in [0.5, 0.6) is 0 Å². The van der Waals surface area contributed by atoms with Crippen LogP contribution in [0, 0.1) is 0 Å². The Morgan fingerprint density at radius 3 is 1.42 bits per heavy atom. The molecule has 26 heavy (non-hydrogen) atoms. The highest BCUT2D eigenvalue weighted by Gasteiger charge is 2.33. The number of allylic oxidation sites excluding steroid dienone is 2. The molecule has 2 nitrogen and oxygen atoms in total. The highest BCUT2D eigenvalue weighted by atomic mass is 14.9. The zero-order chi connectivity index (χ0) is 17.3. The summed E-state index contributed by atoms with van der Waals surface area (Å²) in [5.74, 6) is 0.898. The van der Waals surface area contributed by atoms with Crippen LogP contribution in [-0.2, 0) is 0 Å². The number of aliphatic imine (C=N–C) groups is 2. The number of hydrogen-bond donors (Lipinski definition) is 0. The van der Waals surface area contributed by atoms with Gasteiger partial charge in [0.2, 0.25) is 0 Å². The molecule has 2 aliphatic heterocycles. The van der Waals surface area contributed by atoms with E-state index in [2.05, 4.69) is 73.1 Å². The second-order valence-electron chi connectivity index (χ2n) is 7.27. The van der Waals surface area contributed by atoms with Gasteiger partial charge in [-0.3, -0.25) is 9.98 Å². The fraction of sp³-hybridized carbons (Fsp3) is 0.250. The van der Waals surface area contributed by atoms with Crippen molar-refractivity contribution in [1.82, 2.24) is 0 Å². The van der Waals surface area contributed by atoms with Gasteiger partial charge in [-0.15, -0.1) is 0 Å². The van der Waals surface area contributed by atoms with Crippen molar-refractivity contribution in [3.05, 3.63) is 94.3 Å². The summed E-state index contributed by atoms with van der Waals surface area (Å²) in [4.78, 5) is 9.65. The van der Waals surface area contributed by atoms with Crippen LogP contribution in [0.1, 0.15) is 48.6 Å². The fourth-order valence-electron chi connectivity index (χ4n) is 4.61.